The van der Waals surface area contributed by atoms with Crippen molar-refractivity contribution in [1.82, 2.24) is 9.80 Å². The first-order chi connectivity index (χ1) is 16.8. The second-order valence-corrected chi connectivity index (χ2v) is 10.7. The van der Waals surface area contributed by atoms with Gasteiger partial charge >= 0.3 is 0 Å². The summed E-state index contributed by atoms with van der Waals surface area (Å²) in [5.74, 6) is 0.0259. The van der Waals surface area contributed by atoms with E-state index >= 15 is 0 Å². The highest BCUT2D eigenvalue weighted by atomic mass is 79.9. The van der Waals surface area contributed by atoms with Crippen molar-refractivity contribution in [2.75, 3.05) is 13.2 Å². The molecule has 3 aromatic carbocycles. The number of benzene rings is 3. The van der Waals surface area contributed by atoms with Crippen LogP contribution in [0.15, 0.2) is 83.6 Å². The Bertz CT molecular complexity index is 1200. The standard InChI is InChI=1S/C26H21BrCl4N2O2/c27-20-6-1-17(2-7-20)24(34)14-32-11-12-33(16-32)26(31)25(18-3-8-21(28)9-4-18)35-15-19-5-10-22(29)13-23(19)30/h1-13,25-26H,14-16H2. The lowest BCUT2D eigenvalue weighted by Crippen LogP contribution is -2.37. The van der Waals surface area contributed by atoms with Crippen molar-refractivity contribution in [2.45, 2.75) is 18.2 Å². The van der Waals surface area contributed by atoms with Crippen molar-refractivity contribution in [3.63, 3.8) is 0 Å². The van der Waals surface area contributed by atoms with Crippen LogP contribution >= 0.6 is 62.3 Å². The minimum Gasteiger partial charge on any atom is -0.365 e. The molecule has 0 aromatic heterocycles. The summed E-state index contributed by atoms with van der Waals surface area (Å²) in [6.07, 6.45) is 3.24. The van der Waals surface area contributed by atoms with Crippen LogP contribution in [0.2, 0.25) is 15.1 Å². The number of Topliss-reactive ketones (excluding diaryl/α,β-unsaturated/α-hetero) is 1. The minimum absolute atomic E-state index is 0.0259. The quantitative estimate of drug-likeness (QED) is 0.138. The number of ether oxygens (including phenoxy) is 1. The lowest BCUT2D eigenvalue weighted by Gasteiger charge is -2.31. The van der Waals surface area contributed by atoms with Gasteiger partial charge < -0.3 is 14.5 Å². The molecule has 0 fully saturated rings. The van der Waals surface area contributed by atoms with Crippen LogP contribution in [0, 0.1) is 0 Å². The minimum atomic E-state index is -0.550. The van der Waals surface area contributed by atoms with Crippen LogP contribution in [0.3, 0.4) is 0 Å². The van der Waals surface area contributed by atoms with E-state index < -0.39 is 11.6 Å². The summed E-state index contributed by atoms with van der Waals surface area (Å²) in [5, 5.41) is 1.71. The highest BCUT2D eigenvalue weighted by Crippen LogP contribution is 2.33. The maximum Gasteiger partial charge on any atom is 0.182 e. The van der Waals surface area contributed by atoms with Gasteiger partial charge in [0.25, 0.3) is 0 Å². The van der Waals surface area contributed by atoms with Gasteiger partial charge in [-0.2, -0.15) is 0 Å². The fourth-order valence-electron chi connectivity index (χ4n) is 3.64. The lowest BCUT2D eigenvalue weighted by molar-refractivity contribution is 0.00699. The van der Waals surface area contributed by atoms with Gasteiger partial charge in [-0.3, -0.25) is 4.79 Å². The Morgan fingerprint density at radius 3 is 2.31 bits per heavy atom. The molecule has 0 N–H and O–H groups in total. The highest BCUT2D eigenvalue weighted by Gasteiger charge is 2.30. The van der Waals surface area contributed by atoms with E-state index in [0.29, 0.717) is 27.3 Å². The fourth-order valence-corrected chi connectivity index (χ4v) is 4.84. The molecule has 1 aliphatic heterocycles. The van der Waals surface area contributed by atoms with Gasteiger partial charge in [-0.25, -0.2) is 0 Å². The number of ketones is 1. The summed E-state index contributed by atoms with van der Waals surface area (Å²) in [7, 11) is 0. The number of nitrogens with zero attached hydrogens (tertiary/aromatic N) is 2. The largest absolute Gasteiger partial charge is 0.365 e. The summed E-state index contributed by atoms with van der Waals surface area (Å²) >= 11 is 28.8. The first-order valence-corrected chi connectivity index (χ1v) is 13.1. The van der Waals surface area contributed by atoms with E-state index in [1.165, 1.54) is 0 Å². The van der Waals surface area contributed by atoms with E-state index in [2.05, 4.69) is 15.9 Å². The average molecular weight is 615 g/mol. The van der Waals surface area contributed by atoms with E-state index in [0.717, 1.165) is 15.6 Å². The fraction of sp³-hybridized carbons (Fsp3) is 0.192. The van der Waals surface area contributed by atoms with E-state index in [-0.39, 0.29) is 18.9 Å². The molecule has 0 amide bonds. The lowest BCUT2D eigenvalue weighted by atomic mass is 10.1. The molecule has 2 unspecified atom stereocenters. The Labute approximate surface area is 233 Å². The Morgan fingerprint density at radius 2 is 1.63 bits per heavy atom. The molecular formula is C26H21BrCl4N2O2. The van der Waals surface area contributed by atoms with Gasteiger partial charge in [0.2, 0.25) is 0 Å². The van der Waals surface area contributed by atoms with Crippen molar-refractivity contribution in [3.05, 3.63) is 115 Å². The number of carbonyl (C=O) groups excluding carboxylic acids is 1. The summed E-state index contributed by atoms with van der Waals surface area (Å²) in [5.41, 5.74) is 1.78. The molecule has 2 atom stereocenters. The van der Waals surface area contributed by atoms with Crippen LogP contribution in [-0.4, -0.2) is 34.3 Å². The van der Waals surface area contributed by atoms with Gasteiger partial charge in [0, 0.05) is 37.5 Å². The first kappa shape index (κ1) is 26.3. The number of halogens is 5. The summed E-state index contributed by atoms with van der Waals surface area (Å²) in [6, 6.07) is 20.0. The molecule has 35 heavy (non-hydrogen) atoms. The number of rotatable bonds is 9. The van der Waals surface area contributed by atoms with Crippen molar-refractivity contribution in [2.24, 2.45) is 0 Å². The third-order valence-corrected chi connectivity index (χ3v) is 7.37. The van der Waals surface area contributed by atoms with Crippen LogP contribution in [-0.2, 0) is 11.3 Å². The van der Waals surface area contributed by atoms with Crippen LogP contribution in [0.1, 0.15) is 27.6 Å². The summed E-state index contributed by atoms with van der Waals surface area (Å²) in [6.45, 7) is 0.937. The molecule has 182 valence electrons. The number of hydrogen-bond donors (Lipinski definition) is 0. The summed E-state index contributed by atoms with van der Waals surface area (Å²) < 4.78 is 7.21. The molecular weight excluding hydrogens is 594 g/mol. The molecule has 1 aliphatic rings. The molecule has 4 nitrogen and oxygen atoms in total. The van der Waals surface area contributed by atoms with Gasteiger partial charge in [-0.1, -0.05) is 92.7 Å². The number of carbonyl (C=O) groups is 1. The molecule has 4 rings (SSSR count). The van der Waals surface area contributed by atoms with E-state index in [4.69, 9.17) is 51.1 Å². The Balaban J connectivity index is 1.45. The maximum atomic E-state index is 12.7. The van der Waals surface area contributed by atoms with Gasteiger partial charge in [0.15, 0.2) is 5.78 Å². The third kappa shape index (κ3) is 6.94. The molecule has 0 saturated heterocycles. The Hall–Kier alpha value is -1.73. The molecule has 9 heteroatoms. The normalized spacial score (nSPS) is 14.9. The Kier molecular flexibility index (Phi) is 9.03. The summed E-state index contributed by atoms with van der Waals surface area (Å²) in [4.78, 5) is 16.5. The average Bonchev–Trinajstić information content (AvgIpc) is 3.30. The molecule has 0 spiro atoms. The third-order valence-electron chi connectivity index (χ3n) is 5.53. The topological polar surface area (TPSA) is 32.8 Å². The van der Waals surface area contributed by atoms with Gasteiger partial charge in [-0.05, 0) is 47.5 Å². The van der Waals surface area contributed by atoms with Crippen molar-refractivity contribution in [1.29, 1.82) is 0 Å². The molecule has 0 aliphatic carbocycles. The molecule has 3 aromatic rings. The van der Waals surface area contributed by atoms with Crippen LogP contribution in [0.4, 0.5) is 0 Å². The maximum absolute atomic E-state index is 12.7. The van der Waals surface area contributed by atoms with E-state index in [9.17, 15) is 4.79 Å². The molecule has 1 heterocycles. The number of alkyl halides is 1. The van der Waals surface area contributed by atoms with Crippen molar-refractivity contribution in [3.8, 4) is 0 Å². The van der Waals surface area contributed by atoms with Gasteiger partial charge in [-0.15, -0.1) is 0 Å². The van der Waals surface area contributed by atoms with Crippen molar-refractivity contribution < 1.29 is 9.53 Å². The zero-order chi connectivity index (χ0) is 24.9. The molecule has 0 saturated carbocycles. The van der Waals surface area contributed by atoms with Gasteiger partial charge in [0.05, 0.1) is 19.8 Å². The zero-order valence-corrected chi connectivity index (χ0v) is 23.0. The monoisotopic (exact) mass is 612 g/mol. The highest BCUT2D eigenvalue weighted by molar-refractivity contribution is 9.10. The van der Waals surface area contributed by atoms with E-state index in [1.807, 2.05) is 52.5 Å². The van der Waals surface area contributed by atoms with Crippen molar-refractivity contribution >= 4 is 68.1 Å². The second-order valence-electron chi connectivity index (χ2n) is 8.02. The number of hydrogen-bond acceptors (Lipinski definition) is 4. The predicted molar refractivity (Wildman–Crippen MR) is 146 cm³/mol. The van der Waals surface area contributed by atoms with E-state index in [1.54, 1.807) is 36.4 Å². The van der Waals surface area contributed by atoms with Crippen LogP contribution < -0.4 is 0 Å². The van der Waals surface area contributed by atoms with Gasteiger partial charge in [0.1, 0.15) is 11.6 Å². The smallest absolute Gasteiger partial charge is 0.182 e. The zero-order valence-electron chi connectivity index (χ0n) is 18.4. The molecule has 0 bridgehead atoms. The Morgan fingerprint density at radius 1 is 0.943 bits per heavy atom. The first-order valence-electron chi connectivity index (χ1n) is 10.7. The van der Waals surface area contributed by atoms with Crippen LogP contribution in [0.25, 0.3) is 0 Å². The SMILES string of the molecule is O=C(CN1C=CN(C(Cl)C(OCc2ccc(Cl)cc2Cl)c2ccc(Cl)cc2)C1)c1ccc(Br)cc1. The second kappa shape index (κ2) is 12.0. The van der Waals surface area contributed by atoms with Crippen LogP contribution in [0.5, 0.6) is 0 Å². The predicted octanol–water partition coefficient (Wildman–Crippen LogP) is 8.16. The molecule has 0 radical (unpaired) electrons.